The van der Waals surface area contributed by atoms with Crippen LogP contribution in [0.1, 0.15) is 36.5 Å². The van der Waals surface area contributed by atoms with Gasteiger partial charge in [-0.2, -0.15) is 0 Å². The normalized spacial score (nSPS) is 19.3. The lowest BCUT2D eigenvalue weighted by Gasteiger charge is -2.45. The number of likely N-dealkylation sites (tertiary alicyclic amines) is 1. The van der Waals surface area contributed by atoms with Crippen LogP contribution in [0.2, 0.25) is 0 Å². The van der Waals surface area contributed by atoms with Gasteiger partial charge >= 0.3 is 6.03 Å². The molecule has 2 amide bonds. The zero-order valence-corrected chi connectivity index (χ0v) is 17.4. The number of carbonyl (C=O) groups is 2. The number of carbonyl (C=O) groups excluding carboxylic acids is 2. The highest BCUT2D eigenvalue weighted by Crippen LogP contribution is 2.37. The number of hydrogen-bond acceptors (Lipinski definition) is 4. The smallest absolute Gasteiger partial charge is 0.317 e. The largest absolute Gasteiger partial charge is 0.399 e. The van der Waals surface area contributed by atoms with Crippen LogP contribution in [0.3, 0.4) is 0 Å². The van der Waals surface area contributed by atoms with Gasteiger partial charge in [-0.25, -0.2) is 13.6 Å². The van der Waals surface area contributed by atoms with Crippen LogP contribution in [-0.4, -0.2) is 48.1 Å². The Balaban J connectivity index is 1.56. The number of Topliss-reactive ketones (excluding diaryl/α,β-unsaturated/α-hetero) is 1. The summed E-state index contributed by atoms with van der Waals surface area (Å²) in [7, 11) is 0. The first kappa shape index (κ1) is 22.3. The number of piperidine rings is 1. The summed E-state index contributed by atoms with van der Waals surface area (Å²) in [6, 6.07) is 3.92. The molecule has 2 aliphatic rings. The molecule has 1 aromatic carbocycles. The topological polar surface area (TPSA) is 87.5 Å². The second-order valence-electron chi connectivity index (χ2n) is 7.88. The van der Waals surface area contributed by atoms with Crippen LogP contribution in [0.4, 0.5) is 19.3 Å². The van der Waals surface area contributed by atoms with Crippen molar-refractivity contribution in [2.75, 3.05) is 25.0 Å². The SMILES string of the molecule is C#CC(F)/C(N)=C\C(=C/C)CNC(=O)N1CCC2(CC1)CC(=O)c1cc(F)ccc1N2. The first-order valence-electron chi connectivity index (χ1n) is 10.1. The molecule has 1 unspecified atom stereocenters. The molecule has 4 N–H and O–H groups in total. The lowest BCUT2D eigenvalue weighted by atomic mass is 9.78. The fourth-order valence-electron chi connectivity index (χ4n) is 3.94. The van der Waals surface area contributed by atoms with Gasteiger partial charge in [0.2, 0.25) is 0 Å². The third-order valence-corrected chi connectivity index (χ3v) is 5.79. The maximum Gasteiger partial charge on any atom is 0.317 e. The van der Waals surface area contributed by atoms with Gasteiger partial charge in [-0.1, -0.05) is 12.0 Å². The molecule has 1 atom stereocenters. The van der Waals surface area contributed by atoms with E-state index in [1.54, 1.807) is 24.0 Å². The first-order valence-corrected chi connectivity index (χ1v) is 10.1. The number of nitrogens with zero attached hydrogens (tertiary/aromatic N) is 1. The molecule has 3 rings (SSSR count). The van der Waals surface area contributed by atoms with Gasteiger partial charge in [0.25, 0.3) is 0 Å². The Bertz CT molecular complexity index is 972. The van der Waals surface area contributed by atoms with Gasteiger partial charge in [0.1, 0.15) is 5.82 Å². The molecule has 0 aliphatic carbocycles. The molecule has 2 aliphatic heterocycles. The summed E-state index contributed by atoms with van der Waals surface area (Å²) in [5, 5.41) is 6.20. The zero-order chi connectivity index (χ0) is 22.6. The molecule has 0 radical (unpaired) electrons. The molecule has 1 spiro atoms. The molecule has 8 heteroatoms. The Kier molecular flexibility index (Phi) is 6.64. The van der Waals surface area contributed by atoms with Crippen molar-refractivity contribution in [1.29, 1.82) is 0 Å². The number of amides is 2. The van der Waals surface area contributed by atoms with E-state index in [0.29, 0.717) is 42.8 Å². The average Bonchev–Trinajstić information content (AvgIpc) is 2.76. The summed E-state index contributed by atoms with van der Waals surface area (Å²) in [4.78, 5) is 26.8. The van der Waals surface area contributed by atoms with E-state index >= 15 is 0 Å². The molecule has 0 bridgehead atoms. The molecule has 31 heavy (non-hydrogen) atoms. The van der Waals surface area contributed by atoms with E-state index in [1.807, 2.05) is 5.92 Å². The molecule has 1 aromatic rings. The molecular formula is C23H26F2N4O2. The number of alkyl halides is 1. The fourth-order valence-corrected chi connectivity index (χ4v) is 3.94. The third-order valence-electron chi connectivity index (χ3n) is 5.79. The first-order chi connectivity index (χ1) is 14.8. The van der Waals surface area contributed by atoms with E-state index in [-0.39, 0.29) is 30.5 Å². The van der Waals surface area contributed by atoms with Crippen molar-refractivity contribution < 1.29 is 18.4 Å². The van der Waals surface area contributed by atoms with E-state index in [0.717, 1.165) is 0 Å². The number of halogens is 2. The van der Waals surface area contributed by atoms with Crippen LogP contribution in [0.25, 0.3) is 0 Å². The summed E-state index contributed by atoms with van der Waals surface area (Å²) in [5.74, 6) is 1.39. The van der Waals surface area contributed by atoms with E-state index in [4.69, 9.17) is 12.2 Å². The van der Waals surface area contributed by atoms with Gasteiger partial charge in [-0.3, -0.25) is 4.79 Å². The Labute approximate surface area is 180 Å². The lowest BCUT2D eigenvalue weighted by molar-refractivity contribution is 0.0915. The fraction of sp³-hybridized carbons (Fsp3) is 0.391. The Morgan fingerprint density at radius 3 is 2.81 bits per heavy atom. The minimum atomic E-state index is -1.67. The number of terminal acetylenes is 1. The van der Waals surface area contributed by atoms with Crippen molar-refractivity contribution in [3.63, 3.8) is 0 Å². The molecule has 1 saturated heterocycles. The number of fused-ring (bicyclic) bond motifs is 1. The number of ketones is 1. The summed E-state index contributed by atoms with van der Waals surface area (Å²) >= 11 is 0. The number of urea groups is 1. The summed E-state index contributed by atoms with van der Waals surface area (Å²) in [6.07, 6.45) is 7.96. The highest BCUT2D eigenvalue weighted by Gasteiger charge is 2.41. The Hall–Kier alpha value is -3.34. The zero-order valence-electron chi connectivity index (χ0n) is 17.4. The van der Waals surface area contributed by atoms with E-state index < -0.39 is 17.5 Å². The second-order valence-corrected chi connectivity index (χ2v) is 7.88. The summed E-state index contributed by atoms with van der Waals surface area (Å²) in [5.41, 5.74) is 6.74. The number of nitrogens with two attached hydrogens (primary N) is 1. The van der Waals surface area contributed by atoms with E-state index in [1.165, 1.54) is 18.2 Å². The van der Waals surface area contributed by atoms with Crippen molar-refractivity contribution in [3.8, 4) is 12.3 Å². The summed E-state index contributed by atoms with van der Waals surface area (Å²) in [6.45, 7) is 2.88. The van der Waals surface area contributed by atoms with Crippen molar-refractivity contribution in [3.05, 3.63) is 53.0 Å². The maximum absolute atomic E-state index is 13.5. The molecule has 1 fully saturated rings. The molecule has 0 aromatic heterocycles. The Morgan fingerprint density at radius 1 is 1.45 bits per heavy atom. The molecule has 2 heterocycles. The highest BCUT2D eigenvalue weighted by molar-refractivity contribution is 6.04. The monoisotopic (exact) mass is 428 g/mol. The number of anilines is 1. The van der Waals surface area contributed by atoms with Gasteiger partial charge in [-0.15, -0.1) is 6.42 Å². The molecule has 6 nitrogen and oxygen atoms in total. The number of rotatable bonds is 4. The van der Waals surface area contributed by atoms with Crippen LogP contribution in [0.15, 0.2) is 41.6 Å². The van der Waals surface area contributed by atoms with Crippen molar-refractivity contribution in [1.82, 2.24) is 10.2 Å². The van der Waals surface area contributed by atoms with Crippen LogP contribution in [0.5, 0.6) is 0 Å². The number of nitrogens with one attached hydrogen (secondary N) is 2. The predicted octanol–water partition coefficient (Wildman–Crippen LogP) is 3.13. The molecule has 164 valence electrons. The number of hydrogen-bond donors (Lipinski definition) is 3. The third kappa shape index (κ3) is 5.05. The van der Waals surface area contributed by atoms with Crippen molar-refractivity contribution in [2.24, 2.45) is 5.73 Å². The van der Waals surface area contributed by atoms with Gasteiger partial charge < -0.3 is 21.3 Å². The Morgan fingerprint density at radius 2 is 2.16 bits per heavy atom. The van der Waals surface area contributed by atoms with E-state index in [9.17, 15) is 18.4 Å². The summed E-state index contributed by atoms with van der Waals surface area (Å²) < 4.78 is 26.9. The van der Waals surface area contributed by atoms with Crippen molar-refractivity contribution >= 4 is 17.5 Å². The predicted molar refractivity (Wildman–Crippen MR) is 116 cm³/mol. The quantitative estimate of drug-likeness (QED) is 0.508. The van der Waals surface area contributed by atoms with Gasteiger partial charge in [0, 0.05) is 42.8 Å². The van der Waals surface area contributed by atoms with Gasteiger partial charge in [0.05, 0.1) is 5.70 Å². The number of benzene rings is 1. The van der Waals surface area contributed by atoms with E-state index in [2.05, 4.69) is 10.6 Å². The minimum Gasteiger partial charge on any atom is -0.399 e. The van der Waals surface area contributed by atoms with Crippen molar-refractivity contribution in [2.45, 2.75) is 37.9 Å². The molecular weight excluding hydrogens is 402 g/mol. The van der Waals surface area contributed by atoms with Crippen LogP contribution >= 0.6 is 0 Å². The molecule has 0 saturated carbocycles. The number of allylic oxidation sites excluding steroid dienone is 2. The van der Waals surface area contributed by atoms with Crippen LogP contribution in [-0.2, 0) is 0 Å². The van der Waals surface area contributed by atoms with Gasteiger partial charge in [0.15, 0.2) is 12.0 Å². The van der Waals surface area contributed by atoms with Crippen LogP contribution in [0, 0.1) is 18.2 Å². The average molecular weight is 428 g/mol. The standard InChI is InChI=1S/C23H26F2N4O2/c1-3-15(11-19(26)18(25)4-2)14-27-22(31)29-9-7-23(8-10-29)13-21(30)17-12-16(24)5-6-20(17)28-23/h2-3,5-6,11-12,18,28H,7-10,13-14,26H2,1H3,(H,27,31)/b15-3+,19-11+. The second kappa shape index (κ2) is 9.21. The van der Waals surface area contributed by atoms with Crippen LogP contribution < -0.4 is 16.4 Å². The maximum atomic E-state index is 13.5. The van der Waals surface area contributed by atoms with Gasteiger partial charge in [-0.05, 0) is 49.6 Å². The minimum absolute atomic E-state index is 0.0852. The highest BCUT2D eigenvalue weighted by atomic mass is 19.1. The lowest BCUT2D eigenvalue weighted by Crippen LogP contribution is -2.55.